The normalized spacial score (nSPS) is 16.8. The smallest absolute Gasteiger partial charge is 0.309 e. The molecule has 4 rings (SSSR count). The number of benzene rings is 2. The minimum absolute atomic E-state index is 0.0290. The van der Waals surface area contributed by atoms with Gasteiger partial charge in [-0.25, -0.2) is 0 Å². The van der Waals surface area contributed by atoms with Crippen molar-refractivity contribution in [2.45, 2.75) is 51.5 Å². The Labute approximate surface area is 224 Å². The number of hydrogen-bond donors (Lipinski definition) is 2. The van der Waals surface area contributed by atoms with E-state index in [9.17, 15) is 19.2 Å². The number of halogens is 1. The van der Waals surface area contributed by atoms with E-state index in [4.69, 9.17) is 16.3 Å². The molecule has 0 aliphatic carbocycles. The summed E-state index contributed by atoms with van der Waals surface area (Å²) in [4.78, 5) is 50.7. The van der Waals surface area contributed by atoms with Crippen LogP contribution in [0.3, 0.4) is 0 Å². The number of ether oxygens (including phenoxy) is 1. The van der Waals surface area contributed by atoms with Crippen LogP contribution in [0, 0.1) is 5.92 Å². The van der Waals surface area contributed by atoms with Gasteiger partial charge in [0.2, 0.25) is 11.8 Å². The predicted octanol–water partition coefficient (Wildman–Crippen LogP) is 5.68. The maximum atomic E-state index is 13.3. The average Bonchev–Trinajstić information content (AvgIpc) is 3.27. The number of carbonyl (C=O) groups is 4. The molecule has 0 bridgehead atoms. The Kier molecular flexibility index (Phi) is 8.95. The predicted molar refractivity (Wildman–Crippen MR) is 145 cm³/mol. The molecule has 2 amide bonds. The Morgan fingerprint density at radius 3 is 2.78 bits per heavy atom. The lowest BCUT2D eigenvalue weighted by atomic mass is 9.90. The molecule has 1 aliphatic heterocycles. The molecule has 9 heteroatoms. The lowest BCUT2D eigenvalue weighted by Crippen LogP contribution is -2.32. The molecule has 1 unspecified atom stereocenters. The highest BCUT2D eigenvalue weighted by molar-refractivity contribution is 7.17. The van der Waals surface area contributed by atoms with Gasteiger partial charge in [0.05, 0.1) is 19.2 Å². The van der Waals surface area contributed by atoms with E-state index in [0.717, 1.165) is 28.5 Å². The van der Waals surface area contributed by atoms with Crippen LogP contribution in [0.15, 0.2) is 41.8 Å². The van der Waals surface area contributed by atoms with Gasteiger partial charge in [-0.05, 0) is 65.1 Å². The van der Waals surface area contributed by atoms with Crippen LogP contribution in [0.2, 0.25) is 5.02 Å². The maximum absolute atomic E-state index is 13.3. The van der Waals surface area contributed by atoms with Gasteiger partial charge in [0.25, 0.3) is 0 Å². The van der Waals surface area contributed by atoms with Crippen molar-refractivity contribution in [3.05, 3.63) is 63.5 Å². The van der Waals surface area contributed by atoms with E-state index < -0.39 is 11.9 Å². The largest absolute Gasteiger partial charge is 0.469 e. The first-order chi connectivity index (χ1) is 17.8. The Morgan fingerprint density at radius 1 is 1.14 bits per heavy atom. The number of hydrogen-bond acceptors (Lipinski definition) is 6. The van der Waals surface area contributed by atoms with Gasteiger partial charge in [-0.1, -0.05) is 30.5 Å². The van der Waals surface area contributed by atoms with Crippen LogP contribution in [0.1, 0.15) is 60.0 Å². The van der Waals surface area contributed by atoms with Crippen molar-refractivity contribution in [3.8, 4) is 0 Å². The molecule has 7 nitrogen and oxygen atoms in total. The summed E-state index contributed by atoms with van der Waals surface area (Å²) in [5.74, 6) is -1.47. The lowest BCUT2D eigenvalue weighted by molar-refractivity contribution is -0.139. The average molecular weight is 541 g/mol. The molecule has 1 aliphatic rings. The van der Waals surface area contributed by atoms with Crippen molar-refractivity contribution >= 4 is 62.3 Å². The first-order valence-electron chi connectivity index (χ1n) is 12.3. The van der Waals surface area contributed by atoms with Crippen molar-refractivity contribution in [2.24, 2.45) is 5.92 Å². The minimum atomic E-state index is -0.487. The Balaban J connectivity index is 1.52. The van der Waals surface area contributed by atoms with E-state index in [1.165, 1.54) is 7.11 Å². The van der Waals surface area contributed by atoms with E-state index >= 15 is 0 Å². The number of fused-ring (bicyclic) bond motifs is 2. The standard InChI is InChI=1S/C28H29ClN2O5S/c1-36-27(34)12-17-7-9-21-23(11-17)31-26(33)6-4-2-3-5-18(13-24(21)32)28(35)30-15-19-16-37-25-10-8-20(29)14-22(19)25/h7-11,14,16,18H,2-6,12-13,15H2,1H3,(H,30,35)(H,31,33). The van der Waals surface area contributed by atoms with Gasteiger partial charge in [0, 0.05) is 40.6 Å². The molecule has 0 saturated carbocycles. The van der Waals surface area contributed by atoms with Gasteiger partial charge in [-0.2, -0.15) is 0 Å². The van der Waals surface area contributed by atoms with Crippen LogP contribution in [0.4, 0.5) is 5.69 Å². The zero-order valence-corrected chi connectivity index (χ0v) is 22.2. The van der Waals surface area contributed by atoms with Crippen LogP contribution in [0.5, 0.6) is 0 Å². The number of anilines is 1. The molecule has 0 saturated heterocycles. The third-order valence-corrected chi connectivity index (χ3v) is 7.81. The number of rotatable bonds is 5. The number of thiophene rings is 1. The summed E-state index contributed by atoms with van der Waals surface area (Å²) in [5, 5.41) is 9.51. The lowest BCUT2D eigenvalue weighted by Gasteiger charge is -2.19. The van der Waals surface area contributed by atoms with E-state index in [0.29, 0.717) is 47.6 Å². The molecule has 3 aromatic rings. The second-order valence-electron chi connectivity index (χ2n) is 9.22. The van der Waals surface area contributed by atoms with Crippen LogP contribution < -0.4 is 10.6 Å². The fourth-order valence-electron chi connectivity index (χ4n) is 4.53. The van der Waals surface area contributed by atoms with Gasteiger partial charge < -0.3 is 15.4 Å². The highest BCUT2D eigenvalue weighted by Crippen LogP contribution is 2.29. The zero-order chi connectivity index (χ0) is 26.4. The van der Waals surface area contributed by atoms with Crippen LogP contribution in [-0.2, 0) is 32.1 Å². The number of Topliss-reactive ketones (excluding diaryl/α,β-unsaturated/α-hetero) is 1. The molecular weight excluding hydrogens is 512 g/mol. The number of esters is 1. The summed E-state index contributed by atoms with van der Waals surface area (Å²) in [7, 11) is 1.31. The van der Waals surface area contributed by atoms with E-state index in [1.807, 2.05) is 23.6 Å². The van der Waals surface area contributed by atoms with Crippen LogP contribution >= 0.6 is 22.9 Å². The summed E-state index contributed by atoms with van der Waals surface area (Å²) < 4.78 is 5.83. The summed E-state index contributed by atoms with van der Waals surface area (Å²) in [6.07, 6.45) is 3.16. The summed E-state index contributed by atoms with van der Waals surface area (Å²) in [5.41, 5.74) is 2.31. The minimum Gasteiger partial charge on any atom is -0.469 e. The second kappa shape index (κ2) is 12.3. The van der Waals surface area contributed by atoms with Crippen molar-refractivity contribution in [3.63, 3.8) is 0 Å². The fraction of sp³-hybridized carbons (Fsp3) is 0.357. The van der Waals surface area contributed by atoms with Crippen molar-refractivity contribution in [2.75, 3.05) is 12.4 Å². The third kappa shape index (κ3) is 6.96. The van der Waals surface area contributed by atoms with Gasteiger partial charge in [0.15, 0.2) is 5.78 Å². The molecule has 2 aromatic carbocycles. The highest BCUT2D eigenvalue weighted by Gasteiger charge is 2.25. The summed E-state index contributed by atoms with van der Waals surface area (Å²) in [6.45, 7) is 0.355. The molecule has 37 heavy (non-hydrogen) atoms. The molecule has 2 heterocycles. The van der Waals surface area contributed by atoms with Crippen LogP contribution in [0.25, 0.3) is 10.1 Å². The number of amides is 2. The molecule has 0 radical (unpaired) electrons. The molecule has 2 N–H and O–H groups in total. The first-order valence-corrected chi connectivity index (χ1v) is 13.6. The number of nitrogens with one attached hydrogen (secondary N) is 2. The molecular formula is C28H29ClN2O5S. The molecule has 1 atom stereocenters. The monoisotopic (exact) mass is 540 g/mol. The first kappa shape index (κ1) is 26.8. The fourth-order valence-corrected chi connectivity index (χ4v) is 5.64. The molecule has 194 valence electrons. The number of carbonyl (C=O) groups excluding carboxylic acids is 4. The summed E-state index contributed by atoms with van der Waals surface area (Å²) in [6, 6.07) is 10.6. The molecule has 1 aromatic heterocycles. The topological polar surface area (TPSA) is 102 Å². The van der Waals surface area contributed by atoms with Gasteiger partial charge in [0.1, 0.15) is 0 Å². The Bertz CT molecular complexity index is 1340. The molecule has 0 spiro atoms. The SMILES string of the molecule is COC(=O)Cc1ccc2c(c1)NC(=O)CCCCCC(C(=O)NCc1csc3ccc(Cl)cc13)CC2=O. The van der Waals surface area contributed by atoms with Gasteiger partial charge in [-0.15, -0.1) is 11.3 Å². The van der Waals surface area contributed by atoms with E-state index in [2.05, 4.69) is 10.6 Å². The highest BCUT2D eigenvalue weighted by atomic mass is 35.5. The number of ketones is 1. The number of methoxy groups -OCH3 is 1. The third-order valence-electron chi connectivity index (χ3n) is 6.56. The maximum Gasteiger partial charge on any atom is 0.309 e. The second-order valence-corrected chi connectivity index (χ2v) is 10.6. The zero-order valence-electron chi connectivity index (χ0n) is 20.6. The van der Waals surface area contributed by atoms with E-state index in [1.54, 1.807) is 29.5 Å². The quantitative estimate of drug-likeness (QED) is 0.405. The Hall–Kier alpha value is -3.23. The Morgan fingerprint density at radius 2 is 1.97 bits per heavy atom. The molecule has 0 fully saturated rings. The van der Waals surface area contributed by atoms with Crippen LogP contribution in [-0.4, -0.2) is 30.7 Å². The van der Waals surface area contributed by atoms with Crippen molar-refractivity contribution < 1.29 is 23.9 Å². The van der Waals surface area contributed by atoms with Crippen molar-refractivity contribution in [1.29, 1.82) is 0 Å². The van der Waals surface area contributed by atoms with Gasteiger partial charge in [-0.3, -0.25) is 19.2 Å². The summed E-state index contributed by atoms with van der Waals surface area (Å²) >= 11 is 7.76. The van der Waals surface area contributed by atoms with Crippen molar-refractivity contribution in [1.82, 2.24) is 5.32 Å². The van der Waals surface area contributed by atoms with Gasteiger partial charge >= 0.3 is 5.97 Å². The van der Waals surface area contributed by atoms with E-state index in [-0.39, 0.29) is 30.4 Å².